The summed E-state index contributed by atoms with van der Waals surface area (Å²) in [6.45, 7) is 1.92. The van der Waals surface area contributed by atoms with Gasteiger partial charge in [-0.3, -0.25) is 0 Å². The summed E-state index contributed by atoms with van der Waals surface area (Å²) in [4.78, 5) is 6.80. The van der Waals surface area contributed by atoms with E-state index in [2.05, 4.69) is 15.1 Å². The molecule has 0 atom stereocenters. The second-order valence-electron chi connectivity index (χ2n) is 2.54. The minimum Gasteiger partial charge on any atom is -0.382 e. The van der Waals surface area contributed by atoms with Crippen molar-refractivity contribution in [3.63, 3.8) is 0 Å². The molecule has 0 aliphatic heterocycles. The van der Waals surface area contributed by atoms with E-state index in [9.17, 15) is 0 Å². The van der Waals surface area contributed by atoms with Crippen LogP contribution >= 0.6 is 0 Å². The standard InChI is InChI=1S/C7H9N5/c1-5-2-3-12(11-5)7-6(8)9-4-10-7/h2-4H,8H2,1H3,(H,9,10). The van der Waals surface area contributed by atoms with E-state index in [4.69, 9.17) is 5.73 Å². The van der Waals surface area contributed by atoms with Crippen LogP contribution in [0.25, 0.3) is 5.82 Å². The molecule has 0 amide bonds. The van der Waals surface area contributed by atoms with E-state index in [1.54, 1.807) is 11.0 Å². The number of aromatic nitrogens is 4. The molecule has 0 saturated heterocycles. The van der Waals surface area contributed by atoms with Crippen molar-refractivity contribution < 1.29 is 0 Å². The molecule has 0 aliphatic rings. The highest BCUT2D eigenvalue weighted by molar-refractivity contribution is 5.45. The third-order valence-corrected chi connectivity index (χ3v) is 1.59. The van der Waals surface area contributed by atoms with Crippen molar-refractivity contribution in [2.45, 2.75) is 6.92 Å². The molecular formula is C7H9N5. The molecule has 62 valence electrons. The van der Waals surface area contributed by atoms with Gasteiger partial charge in [-0.05, 0) is 13.0 Å². The van der Waals surface area contributed by atoms with Gasteiger partial charge in [-0.15, -0.1) is 0 Å². The van der Waals surface area contributed by atoms with Gasteiger partial charge in [0.2, 0.25) is 0 Å². The Morgan fingerprint density at radius 1 is 1.58 bits per heavy atom. The maximum atomic E-state index is 5.60. The summed E-state index contributed by atoms with van der Waals surface area (Å²) >= 11 is 0. The molecule has 5 heteroatoms. The maximum absolute atomic E-state index is 5.60. The number of hydrogen-bond acceptors (Lipinski definition) is 3. The number of nitrogens with zero attached hydrogens (tertiary/aromatic N) is 3. The molecule has 0 unspecified atom stereocenters. The average molecular weight is 163 g/mol. The summed E-state index contributed by atoms with van der Waals surface area (Å²) in [5, 5.41) is 4.17. The monoisotopic (exact) mass is 163 g/mol. The molecule has 5 nitrogen and oxygen atoms in total. The van der Waals surface area contributed by atoms with Crippen LogP contribution in [0.2, 0.25) is 0 Å². The highest BCUT2D eigenvalue weighted by atomic mass is 15.3. The van der Waals surface area contributed by atoms with Gasteiger partial charge in [0, 0.05) is 6.20 Å². The molecule has 0 saturated carbocycles. The zero-order valence-electron chi connectivity index (χ0n) is 6.65. The molecule has 2 rings (SSSR count). The first-order valence-corrected chi connectivity index (χ1v) is 3.59. The number of rotatable bonds is 1. The molecule has 0 aliphatic carbocycles. The van der Waals surface area contributed by atoms with Gasteiger partial charge in [-0.25, -0.2) is 9.67 Å². The highest BCUT2D eigenvalue weighted by Gasteiger charge is 2.04. The lowest BCUT2D eigenvalue weighted by Gasteiger charge is -1.95. The smallest absolute Gasteiger partial charge is 0.195 e. The molecule has 0 spiro atoms. The van der Waals surface area contributed by atoms with Crippen LogP contribution in [-0.4, -0.2) is 19.7 Å². The lowest BCUT2D eigenvalue weighted by Crippen LogP contribution is -1.99. The first kappa shape index (κ1) is 6.90. The Labute approximate surface area is 69.2 Å². The highest BCUT2D eigenvalue weighted by Crippen LogP contribution is 2.09. The fraction of sp³-hybridized carbons (Fsp3) is 0.143. The van der Waals surface area contributed by atoms with E-state index in [1.165, 1.54) is 0 Å². The van der Waals surface area contributed by atoms with Crippen molar-refractivity contribution >= 4 is 5.82 Å². The predicted octanol–water partition coefficient (Wildman–Crippen LogP) is 0.486. The van der Waals surface area contributed by atoms with Gasteiger partial charge in [-0.2, -0.15) is 5.10 Å². The first-order valence-electron chi connectivity index (χ1n) is 3.59. The molecule has 0 aromatic carbocycles. The number of anilines is 1. The largest absolute Gasteiger partial charge is 0.382 e. The zero-order valence-corrected chi connectivity index (χ0v) is 6.65. The van der Waals surface area contributed by atoms with Crippen LogP contribution in [0.5, 0.6) is 0 Å². The third-order valence-electron chi connectivity index (χ3n) is 1.59. The van der Waals surface area contributed by atoms with Gasteiger partial charge < -0.3 is 10.7 Å². The van der Waals surface area contributed by atoms with Crippen molar-refractivity contribution in [1.29, 1.82) is 0 Å². The van der Waals surface area contributed by atoms with E-state index in [-0.39, 0.29) is 0 Å². The number of aryl methyl sites for hydroxylation is 1. The van der Waals surface area contributed by atoms with Crippen LogP contribution in [0.1, 0.15) is 5.69 Å². The Hall–Kier alpha value is -1.78. The molecule has 2 aromatic rings. The van der Waals surface area contributed by atoms with Crippen LogP contribution in [0.15, 0.2) is 18.6 Å². The van der Waals surface area contributed by atoms with Gasteiger partial charge in [0.15, 0.2) is 5.82 Å². The Morgan fingerprint density at radius 3 is 2.92 bits per heavy atom. The summed E-state index contributed by atoms with van der Waals surface area (Å²) in [5.41, 5.74) is 6.54. The Bertz CT molecular complexity index is 386. The van der Waals surface area contributed by atoms with E-state index < -0.39 is 0 Å². The summed E-state index contributed by atoms with van der Waals surface area (Å²) < 4.78 is 1.64. The number of H-pyrrole nitrogens is 1. The van der Waals surface area contributed by atoms with E-state index >= 15 is 0 Å². The molecule has 0 fully saturated rings. The Morgan fingerprint density at radius 2 is 2.42 bits per heavy atom. The maximum Gasteiger partial charge on any atom is 0.195 e. The zero-order chi connectivity index (χ0) is 8.55. The quantitative estimate of drug-likeness (QED) is 0.642. The van der Waals surface area contributed by atoms with Gasteiger partial charge in [0.05, 0.1) is 12.0 Å². The SMILES string of the molecule is Cc1ccn(-c2nc[nH]c2N)n1. The van der Waals surface area contributed by atoms with Gasteiger partial charge >= 0.3 is 0 Å². The summed E-state index contributed by atoms with van der Waals surface area (Å²) in [7, 11) is 0. The number of nitrogens with one attached hydrogen (secondary N) is 1. The minimum atomic E-state index is 0.526. The molecule has 0 radical (unpaired) electrons. The van der Waals surface area contributed by atoms with Gasteiger partial charge in [0.1, 0.15) is 5.82 Å². The molecule has 12 heavy (non-hydrogen) atoms. The molecule has 0 bridgehead atoms. The van der Waals surface area contributed by atoms with Crippen LogP contribution < -0.4 is 5.73 Å². The summed E-state index contributed by atoms with van der Waals surface area (Å²) in [6.07, 6.45) is 3.36. The fourth-order valence-corrected chi connectivity index (χ4v) is 1.01. The molecule has 2 heterocycles. The van der Waals surface area contributed by atoms with Crippen molar-refractivity contribution in [3.05, 3.63) is 24.3 Å². The van der Waals surface area contributed by atoms with Gasteiger partial charge in [-0.1, -0.05) is 0 Å². The first-order chi connectivity index (χ1) is 5.77. The van der Waals surface area contributed by atoms with Crippen LogP contribution in [0.4, 0.5) is 5.82 Å². The van der Waals surface area contributed by atoms with E-state index in [1.807, 2.05) is 19.2 Å². The lowest BCUT2D eigenvalue weighted by atomic mass is 10.5. The van der Waals surface area contributed by atoms with Crippen LogP contribution in [0.3, 0.4) is 0 Å². The number of hydrogen-bond donors (Lipinski definition) is 2. The molecule has 2 aromatic heterocycles. The average Bonchev–Trinajstić information content (AvgIpc) is 2.58. The van der Waals surface area contributed by atoms with Crippen molar-refractivity contribution in [2.75, 3.05) is 5.73 Å². The Balaban J connectivity index is 2.50. The van der Waals surface area contributed by atoms with Crippen molar-refractivity contribution in [2.24, 2.45) is 0 Å². The van der Waals surface area contributed by atoms with Crippen LogP contribution in [-0.2, 0) is 0 Å². The number of nitrogen functional groups attached to an aromatic ring is 1. The number of aromatic amines is 1. The summed E-state index contributed by atoms with van der Waals surface area (Å²) in [6, 6.07) is 1.90. The molecule has 3 N–H and O–H groups in total. The Kier molecular flexibility index (Phi) is 1.36. The minimum absolute atomic E-state index is 0.526. The van der Waals surface area contributed by atoms with Gasteiger partial charge in [0.25, 0.3) is 0 Å². The normalized spacial score (nSPS) is 10.4. The van der Waals surface area contributed by atoms with Crippen molar-refractivity contribution in [1.82, 2.24) is 19.7 Å². The topological polar surface area (TPSA) is 72.5 Å². The second kappa shape index (κ2) is 2.37. The summed E-state index contributed by atoms with van der Waals surface area (Å²) in [5.74, 6) is 1.17. The predicted molar refractivity (Wildman–Crippen MR) is 44.9 cm³/mol. The third kappa shape index (κ3) is 0.952. The van der Waals surface area contributed by atoms with Crippen molar-refractivity contribution in [3.8, 4) is 5.82 Å². The number of imidazole rings is 1. The molecular weight excluding hydrogens is 154 g/mol. The van der Waals surface area contributed by atoms with Crippen LogP contribution in [0, 0.1) is 6.92 Å². The number of nitrogens with two attached hydrogens (primary N) is 1. The lowest BCUT2D eigenvalue weighted by molar-refractivity contribution is 0.841. The van der Waals surface area contributed by atoms with E-state index in [0.717, 1.165) is 5.69 Å². The van der Waals surface area contributed by atoms with E-state index in [0.29, 0.717) is 11.6 Å². The second-order valence-corrected chi connectivity index (χ2v) is 2.54. The fourth-order valence-electron chi connectivity index (χ4n) is 1.01.